The van der Waals surface area contributed by atoms with Gasteiger partial charge in [0.25, 0.3) is 0 Å². The van der Waals surface area contributed by atoms with Gasteiger partial charge in [0, 0.05) is 16.8 Å². The second-order valence-electron chi connectivity index (χ2n) is 5.52. The molecule has 0 saturated carbocycles. The van der Waals surface area contributed by atoms with E-state index in [0.29, 0.717) is 5.75 Å². The molecule has 0 amide bonds. The van der Waals surface area contributed by atoms with Crippen LogP contribution in [0.4, 0.5) is 5.69 Å². The number of nitrogens with one attached hydrogen (secondary N) is 1. The van der Waals surface area contributed by atoms with Crippen molar-refractivity contribution in [2.24, 2.45) is 0 Å². The average molecular weight is 285 g/mol. The molecule has 1 atom stereocenters. The van der Waals surface area contributed by atoms with Crippen molar-refractivity contribution in [3.8, 4) is 11.5 Å². The number of ether oxygens (including phenoxy) is 1. The lowest BCUT2D eigenvalue weighted by molar-refractivity contribution is 0.409. The summed E-state index contributed by atoms with van der Waals surface area (Å²) in [5.41, 5.74) is 5.25. The van der Waals surface area contributed by atoms with Crippen LogP contribution in [0.3, 0.4) is 0 Å². The molecule has 2 aromatic carbocycles. The number of anilines is 1. The maximum absolute atomic E-state index is 10.0. The highest BCUT2D eigenvalue weighted by Gasteiger charge is 2.14. The Balaban J connectivity index is 2.32. The third kappa shape index (κ3) is 3.13. The van der Waals surface area contributed by atoms with Crippen LogP contribution >= 0.6 is 0 Å². The molecule has 0 aliphatic heterocycles. The summed E-state index contributed by atoms with van der Waals surface area (Å²) in [6.45, 7) is 8.14. The summed E-state index contributed by atoms with van der Waals surface area (Å²) < 4.78 is 5.46. The minimum Gasteiger partial charge on any atom is -0.508 e. The van der Waals surface area contributed by atoms with Crippen LogP contribution < -0.4 is 10.1 Å². The Bertz CT molecular complexity index is 650. The van der Waals surface area contributed by atoms with Crippen LogP contribution in [0, 0.1) is 20.8 Å². The first kappa shape index (κ1) is 15.2. The lowest BCUT2D eigenvalue weighted by atomic mass is 10.0. The highest BCUT2D eigenvalue weighted by molar-refractivity contribution is 5.60. The molecule has 3 heteroatoms. The molecule has 0 radical (unpaired) electrons. The highest BCUT2D eigenvalue weighted by Crippen LogP contribution is 2.33. The second kappa shape index (κ2) is 6.08. The van der Waals surface area contributed by atoms with E-state index in [1.807, 2.05) is 45.9 Å². The van der Waals surface area contributed by atoms with Crippen molar-refractivity contribution < 1.29 is 9.84 Å². The topological polar surface area (TPSA) is 41.5 Å². The molecule has 1 unspecified atom stereocenters. The lowest BCUT2D eigenvalue weighted by Gasteiger charge is -2.20. The molecule has 0 bridgehead atoms. The normalized spacial score (nSPS) is 12.0. The zero-order valence-electron chi connectivity index (χ0n) is 13.3. The number of aromatic hydroxyl groups is 1. The Morgan fingerprint density at radius 2 is 1.81 bits per heavy atom. The van der Waals surface area contributed by atoms with E-state index in [1.165, 1.54) is 0 Å². The van der Waals surface area contributed by atoms with E-state index < -0.39 is 0 Å². The standard InChI is InChI=1S/C18H23NO2/c1-11-6-9-17(20)15(10-11)14(4)19-16-8-7-12(2)18(21-5)13(16)3/h6-10,14,19-20H,1-5H3. The van der Waals surface area contributed by atoms with Gasteiger partial charge in [-0.15, -0.1) is 0 Å². The molecule has 0 aliphatic carbocycles. The Hall–Kier alpha value is -2.16. The molecule has 0 heterocycles. The summed E-state index contributed by atoms with van der Waals surface area (Å²) >= 11 is 0. The van der Waals surface area contributed by atoms with Crippen molar-refractivity contribution in [1.82, 2.24) is 0 Å². The van der Waals surface area contributed by atoms with Gasteiger partial charge in [-0.05, 0) is 45.4 Å². The zero-order chi connectivity index (χ0) is 15.6. The van der Waals surface area contributed by atoms with Crippen LogP contribution in [0.25, 0.3) is 0 Å². The number of hydrogen-bond donors (Lipinski definition) is 2. The maximum atomic E-state index is 10.0. The monoisotopic (exact) mass is 285 g/mol. The van der Waals surface area contributed by atoms with Gasteiger partial charge in [-0.3, -0.25) is 0 Å². The van der Waals surface area contributed by atoms with Crippen molar-refractivity contribution in [2.45, 2.75) is 33.7 Å². The van der Waals surface area contributed by atoms with E-state index in [0.717, 1.165) is 33.7 Å². The Morgan fingerprint density at radius 3 is 2.48 bits per heavy atom. The molecule has 112 valence electrons. The van der Waals surface area contributed by atoms with Gasteiger partial charge in [0.1, 0.15) is 11.5 Å². The Morgan fingerprint density at radius 1 is 1.10 bits per heavy atom. The SMILES string of the molecule is COc1c(C)ccc(NC(C)c2cc(C)ccc2O)c1C. The van der Waals surface area contributed by atoms with Crippen LogP contribution in [-0.2, 0) is 0 Å². The fourth-order valence-corrected chi connectivity index (χ4v) is 2.63. The third-order valence-corrected chi connectivity index (χ3v) is 3.83. The second-order valence-corrected chi connectivity index (χ2v) is 5.52. The van der Waals surface area contributed by atoms with Gasteiger partial charge in [0.2, 0.25) is 0 Å². The molecule has 0 aromatic heterocycles. The zero-order valence-corrected chi connectivity index (χ0v) is 13.3. The molecule has 0 aliphatic rings. The van der Waals surface area contributed by atoms with E-state index in [1.54, 1.807) is 13.2 Å². The fraction of sp³-hybridized carbons (Fsp3) is 0.333. The molecule has 2 aromatic rings. The van der Waals surface area contributed by atoms with Gasteiger partial charge in [0.05, 0.1) is 13.2 Å². The van der Waals surface area contributed by atoms with E-state index >= 15 is 0 Å². The quantitative estimate of drug-likeness (QED) is 0.869. The van der Waals surface area contributed by atoms with E-state index in [-0.39, 0.29) is 6.04 Å². The number of phenolic OH excluding ortho intramolecular Hbond substituents is 1. The summed E-state index contributed by atoms with van der Waals surface area (Å²) in [6.07, 6.45) is 0. The summed E-state index contributed by atoms with van der Waals surface area (Å²) in [6, 6.07) is 9.76. The number of benzene rings is 2. The minimum absolute atomic E-state index is 0.0102. The summed E-state index contributed by atoms with van der Waals surface area (Å²) in [4.78, 5) is 0. The molecule has 2 N–H and O–H groups in total. The fourth-order valence-electron chi connectivity index (χ4n) is 2.63. The van der Waals surface area contributed by atoms with E-state index in [9.17, 15) is 5.11 Å². The molecule has 2 rings (SSSR count). The third-order valence-electron chi connectivity index (χ3n) is 3.83. The van der Waals surface area contributed by atoms with Crippen LogP contribution in [0.1, 0.15) is 35.2 Å². The number of hydrogen-bond acceptors (Lipinski definition) is 3. The molecule has 3 nitrogen and oxygen atoms in total. The molecule has 21 heavy (non-hydrogen) atoms. The van der Waals surface area contributed by atoms with Crippen molar-refractivity contribution in [2.75, 3.05) is 12.4 Å². The minimum atomic E-state index is 0.0102. The molecular formula is C18H23NO2. The van der Waals surface area contributed by atoms with Gasteiger partial charge in [-0.2, -0.15) is 0 Å². The van der Waals surface area contributed by atoms with Crippen molar-refractivity contribution in [3.05, 3.63) is 52.6 Å². The Labute approximate surface area is 126 Å². The van der Waals surface area contributed by atoms with E-state index in [4.69, 9.17) is 4.74 Å². The predicted octanol–water partition coefficient (Wildman–Crippen LogP) is 4.50. The first-order valence-electron chi connectivity index (χ1n) is 7.14. The van der Waals surface area contributed by atoms with Gasteiger partial charge in [0.15, 0.2) is 0 Å². The largest absolute Gasteiger partial charge is 0.508 e. The summed E-state index contributed by atoms with van der Waals surface area (Å²) in [5.74, 6) is 1.22. The number of methoxy groups -OCH3 is 1. The molecule has 0 saturated heterocycles. The predicted molar refractivity (Wildman–Crippen MR) is 87.3 cm³/mol. The van der Waals surface area contributed by atoms with Gasteiger partial charge < -0.3 is 15.2 Å². The first-order chi connectivity index (χ1) is 9.93. The summed E-state index contributed by atoms with van der Waals surface area (Å²) in [5, 5.41) is 13.5. The number of phenols is 1. The van der Waals surface area contributed by atoms with Crippen LogP contribution in [-0.4, -0.2) is 12.2 Å². The number of aryl methyl sites for hydroxylation is 2. The van der Waals surface area contributed by atoms with Crippen molar-refractivity contribution >= 4 is 5.69 Å². The van der Waals surface area contributed by atoms with Gasteiger partial charge >= 0.3 is 0 Å². The average Bonchev–Trinajstić information content (AvgIpc) is 2.45. The highest BCUT2D eigenvalue weighted by atomic mass is 16.5. The molecule has 0 spiro atoms. The smallest absolute Gasteiger partial charge is 0.126 e. The lowest BCUT2D eigenvalue weighted by Crippen LogP contribution is -2.09. The number of rotatable bonds is 4. The van der Waals surface area contributed by atoms with Gasteiger partial charge in [-0.1, -0.05) is 23.8 Å². The van der Waals surface area contributed by atoms with E-state index in [2.05, 4.69) is 11.4 Å². The van der Waals surface area contributed by atoms with Crippen molar-refractivity contribution in [3.63, 3.8) is 0 Å². The van der Waals surface area contributed by atoms with Crippen LogP contribution in [0.2, 0.25) is 0 Å². The van der Waals surface area contributed by atoms with Crippen molar-refractivity contribution in [1.29, 1.82) is 0 Å². The van der Waals surface area contributed by atoms with Crippen LogP contribution in [0.15, 0.2) is 30.3 Å². The molecule has 0 fully saturated rings. The molecular weight excluding hydrogens is 262 g/mol. The van der Waals surface area contributed by atoms with Gasteiger partial charge in [-0.25, -0.2) is 0 Å². The first-order valence-corrected chi connectivity index (χ1v) is 7.14. The summed E-state index contributed by atoms with van der Waals surface area (Å²) in [7, 11) is 1.69. The van der Waals surface area contributed by atoms with Crippen LogP contribution in [0.5, 0.6) is 11.5 Å². The Kier molecular flexibility index (Phi) is 4.41. The maximum Gasteiger partial charge on any atom is 0.126 e.